The second-order valence-electron chi connectivity index (χ2n) is 3.78. The molecule has 0 aromatic carbocycles. The van der Waals surface area contributed by atoms with Gasteiger partial charge < -0.3 is 10.5 Å². The van der Waals surface area contributed by atoms with E-state index >= 15 is 0 Å². The Morgan fingerprint density at radius 1 is 1.69 bits per heavy atom. The SMILES string of the molecule is Cn1nnc(Br)c1C(=O)C1CCC(CN)O1. The second kappa shape index (κ2) is 4.60. The lowest BCUT2D eigenvalue weighted by molar-refractivity contribution is 0.0396. The molecule has 1 aliphatic rings. The van der Waals surface area contributed by atoms with Crippen molar-refractivity contribution in [2.45, 2.75) is 25.0 Å². The number of nitrogens with two attached hydrogens (primary N) is 1. The molecular formula is C9H13BrN4O2. The maximum atomic E-state index is 12.1. The smallest absolute Gasteiger partial charge is 0.212 e. The lowest BCUT2D eigenvalue weighted by Gasteiger charge is -2.11. The Bertz CT molecular complexity index is 387. The van der Waals surface area contributed by atoms with Crippen LogP contribution in [0.15, 0.2) is 4.60 Å². The normalized spacial score (nSPS) is 24.9. The van der Waals surface area contributed by atoms with Gasteiger partial charge in [0.25, 0.3) is 0 Å². The van der Waals surface area contributed by atoms with Crippen LogP contribution in [0.2, 0.25) is 0 Å². The van der Waals surface area contributed by atoms with E-state index in [-0.39, 0.29) is 11.9 Å². The number of Topliss-reactive ketones (excluding diaryl/α,β-unsaturated/α-hetero) is 1. The predicted molar refractivity (Wildman–Crippen MR) is 60.0 cm³/mol. The zero-order valence-electron chi connectivity index (χ0n) is 8.89. The van der Waals surface area contributed by atoms with Crippen molar-refractivity contribution in [1.29, 1.82) is 0 Å². The number of carbonyl (C=O) groups is 1. The molecule has 0 saturated carbocycles. The number of rotatable bonds is 3. The molecule has 1 aromatic rings. The summed E-state index contributed by atoms with van der Waals surface area (Å²) in [6.45, 7) is 0.453. The fourth-order valence-electron chi connectivity index (χ4n) is 1.82. The number of hydrogen-bond donors (Lipinski definition) is 1. The first-order valence-electron chi connectivity index (χ1n) is 5.08. The third kappa shape index (κ3) is 2.02. The topological polar surface area (TPSA) is 83.0 Å². The summed E-state index contributed by atoms with van der Waals surface area (Å²) in [5, 5.41) is 7.54. The van der Waals surface area contributed by atoms with E-state index < -0.39 is 6.10 Å². The Hall–Kier alpha value is -0.790. The van der Waals surface area contributed by atoms with Gasteiger partial charge in [0.2, 0.25) is 5.78 Å². The molecule has 2 heterocycles. The van der Waals surface area contributed by atoms with E-state index in [1.165, 1.54) is 4.68 Å². The first-order valence-corrected chi connectivity index (χ1v) is 5.87. The van der Waals surface area contributed by atoms with Crippen LogP contribution >= 0.6 is 15.9 Å². The second-order valence-corrected chi connectivity index (χ2v) is 4.53. The number of aromatic nitrogens is 3. The van der Waals surface area contributed by atoms with Crippen LogP contribution in [0.3, 0.4) is 0 Å². The third-order valence-electron chi connectivity index (χ3n) is 2.68. The molecule has 1 saturated heterocycles. The van der Waals surface area contributed by atoms with Crippen molar-refractivity contribution >= 4 is 21.7 Å². The zero-order valence-corrected chi connectivity index (χ0v) is 10.5. The standard InChI is InChI=1S/C9H13BrN4O2/c1-14-7(9(10)12-13-14)8(15)6-3-2-5(4-11)16-6/h5-6H,2-4,11H2,1H3. The number of halogens is 1. The first kappa shape index (κ1) is 11.7. The van der Waals surface area contributed by atoms with Crippen LogP contribution in [0.25, 0.3) is 0 Å². The molecule has 16 heavy (non-hydrogen) atoms. The fraction of sp³-hybridized carbons (Fsp3) is 0.667. The summed E-state index contributed by atoms with van der Waals surface area (Å²) >= 11 is 3.20. The molecule has 88 valence electrons. The largest absolute Gasteiger partial charge is 0.365 e. The van der Waals surface area contributed by atoms with E-state index in [1.807, 2.05) is 0 Å². The van der Waals surface area contributed by atoms with Crippen LogP contribution in [0.4, 0.5) is 0 Å². The van der Waals surface area contributed by atoms with Crippen molar-refractivity contribution in [1.82, 2.24) is 15.0 Å². The molecule has 1 aromatic heterocycles. The quantitative estimate of drug-likeness (QED) is 0.807. The molecule has 7 heteroatoms. The van der Waals surface area contributed by atoms with Gasteiger partial charge in [-0.2, -0.15) is 0 Å². The number of aryl methyl sites for hydroxylation is 1. The molecule has 2 N–H and O–H groups in total. The number of nitrogens with zero attached hydrogens (tertiary/aromatic N) is 3. The maximum absolute atomic E-state index is 12.1. The Balaban J connectivity index is 2.15. The molecule has 6 nitrogen and oxygen atoms in total. The number of ketones is 1. The summed E-state index contributed by atoms with van der Waals surface area (Å²) in [6, 6.07) is 0. The molecule has 2 rings (SSSR count). The summed E-state index contributed by atoms with van der Waals surface area (Å²) in [4.78, 5) is 12.1. The van der Waals surface area contributed by atoms with Crippen LogP contribution in [0, 0.1) is 0 Å². The molecule has 1 aliphatic heterocycles. The van der Waals surface area contributed by atoms with Gasteiger partial charge in [-0.05, 0) is 28.8 Å². The van der Waals surface area contributed by atoms with E-state index in [0.717, 1.165) is 6.42 Å². The van der Waals surface area contributed by atoms with E-state index in [1.54, 1.807) is 7.05 Å². The molecule has 0 spiro atoms. The number of carbonyl (C=O) groups excluding carboxylic acids is 1. The highest BCUT2D eigenvalue weighted by molar-refractivity contribution is 9.10. The summed E-state index contributed by atoms with van der Waals surface area (Å²) < 4.78 is 7.45. The molecule has 0 bridgehead atoms. The number of hydrogen-bond acceptors (Lipinski definition) is 5. The molecule has 0 amide bonds. The molecule has 0 aliphatic carbocycles. The van der Waals surface area contributed by atoms with Crippen molar-refractivity contribution in [3.8, 4) is 0 Å². The van der Waals surface area contributed by atoms with Crippen molar-refractivity contribution in [3.05, 3.63) is 10.3 Å². The zero-order chi connectivity index (χ0) is 11.7. The minimum Gasteiger partial charge on any atom is -0.365 e. The van der Waals surface area contributed by atoms with Gasteiger partial charge in [0.05, 0.1) is 6.10 Å². The van der Waals surface area contributed by atoms with E-state index in [2.05, 4.69) is 26.2 Å². The molecular weight excluding hydrogens is 276 g/mol. The van der Waals surface area contributed by atoms with E-state index in [4.69, 9.17) is 10.5 Å². The average molecular weight is 289 g/mol. The maximum Gasteiger partial charge on any atom is 0.212 e. The first-order chi connectivity index (χ1) is 7.63. The van der Waals surface area contributed by atoms with Gasteiger partial charge >= 0.3 is 0 Å². The van der Waals surface area contributed by atoms with Gasteiger partial charge in [-0.15, -0.1) is 5.10 Å². The Morgan fingerprint density at radius 2 is 2.44 bits per heavy atom. The number of ether oxygens (including phenoxy) is 1. The van der Waals surface area contributed by atoms with Crippen LogP contribution in [-0.4, -0.2) is 39.5 Å². The van der Waals surface area contributed by atoms with Crippen molar-refractivity contribution in [2.24, 2.45) is 12.8 Å². The van der Waals surface area contributed by atoms with E-state index in [9.17, 15) is 4.79 Å². The summed E-state index contributed by atoms with van der Waals surface area (Å²) in [6.07, 6.45) is 1.12. The monoisotopic (exact) mass is 288 g/mol. The predicted octanol–water partition coefficient (Wildman–Crippen LogP) is 0.267. The van der Waals surface area contributed by atoms with Crippen LogP contribution in [0.5, 0.6) is 0 Å². The average Bonchev–Trinajstić information content (AvgIpc) is 2.85. The molecule has 1 fully saturated rings. The Labute approximate surface area is 101 Å². The minimum absolute atomic E-state index is 0.00564. The Kier molecular flexibility index (Phi) is 3.36. The van der Waals surface area contributed by atoms with Crippen LogP contribution in [-0.2, 0) is 11.8 Å². The van der Waals surface area contributed by atoms with Gasteiger partial charge in [-0.1, -0.05) is 5.21 Å². The van der Waals surface area contributed by atoms with Gasteiger partial charge in [0, 0.05) is 13.6 Å². The summed E-state index contributed by atoms with van der Waals surface area (Å²) in [7, 11) is 1.68. The van der Waals surface area contributed by atoms with Crippen molar-refractivity contribution in [2.75, 3.05) is 6.54 Å². The van der Waals surface area contributed by atoms with Crippen molar-refractivity contribution < 1.29 is 9.53 Å². The van der Waals surface area contributed by atoms with Crippen LogP contribution in [0.1, 0.15) is 23.3 Å². The Morgan fingerprint density at radius 3 is 2.94 bits per heavy atom. The lowest BCUT2D eigenvalue weighted by Crippen LogP contribution is -2.26. The highest BCUT2D eigenvalue weighted by atomic mass is 79.9. The van der Waals surface area contributed by atoms with E-state index in [0.29, 0.717) is 23.3 Å². The fourth-order valence-corrected chi connectivity index (χ4v) is 2.34. The van der Waals surface area contributed by atoms with Gasteiger partial charge in [0.1, 0.15) is 11.8 Å². The van der Waals surface area contributed by atoms with Gasteiger partial charge in [-0.25, -0.2) is 4.68 Å². The summed E-state index contributed by atoms with van der Waals surface area (Å²) in [5.41, 5.74) is 5.95. The third-order valence-corrected chi connectivity index (χ3v) is 3.22. The lowest BCUT2D eigenvalue weighted by atomic mass is 10.1. The summed E-state index contributed by atoms with van der Waals surface area (Å²) in [5.74, 6) is -0.0877. The van der Waals surface area contributed by atoms with Crippen LogP contribution < -0.4 is 5.73 Å². The molecule has 2 atom stereocenters. The van der Waals surface area contributed by atoms with Gasteiger partial charge in [-0.3, -0.25) is 4.79 Å². The van der Waals surface area contributed by atoms with Crippen molar-refractivity contribution in [3.63, 3.8) is 0 Å². The van der Waals surface area contributed by atoms with Gasteiger partial charge in [0.15, 0.2) is 4.60 Å². The minimum atomic E-state index is -0.415. The highest BCUT2D eigenvalue weighted by Crippen LogP contribution is 2.24. The highest BCUT2D eigenvalue weighted by Gasteiger charge is 2.33. The molecule has 2 unspecified atom stereocenters. The molecule has 0 radical (unpaired) electrons.